The minimum atomic E-state index is -4.49. The molecule has 0 bridgehead atoms. The smallest absolute Gasteiger partial charge is 0.416 e. The Labute approximate surface area is 141 Å². The molecule has 0 saturated carbocycles. The van der Waals surface area contributed by atoms with Gasteiger partial charge in [0.15, 0.2) is 0 Å². The first kappa shape index (κ1) is 16.6. The van der Waals surface area contributed by atoms with Gasteiger partial charge < -0.3 is 4.74 Å². The van der Waals surface area contributed by atoms with Crippen molar-refractivity contribution in [3.05, 3.63) is 52.5 Å². The second-order valence-corrected chi connectivity index (χ2v) is 5.92. The molecule has 0 N–H and O–H groups in total. The number of amides is 1. The summed E-state index contributed by atoms with van der Waals surface area (Å²) in [6.07, 6.45) is -4.49. The normalized spacial score (nSPS) is 17.2. The molecular weight excluding hydrogens is 343 g/mol. The molecule has 1 amide bonds. The van der Waals surface area contributed by atoms with Gasteiger partial charge in [0.2, 0.25) is 5.91 Å². The van der Waals surface area contributed by atoms with Gasteiger partial charge in [-0.25, -0.2) is 0 Å². The first-order valence-electron chi connectivity index (χ1n) is 7.12. The van der Waals surface area contributed by atoms with E-state index in [0.717, 1.165) is 12.1 Å². The fraction of sp³-hybridized carbons (Fsp3) is 0.235. The third-order valence-corrected chi connectivity index (χ3v) is 4.27. The summed E-state index contributed by atoms with van der Waals surface area (Å²) in [6.45, 7) is 1.66. The molecule has 0 radical (unpaired) electrons. The third-order valence-electron chi connectivity index (χ3n) is 4.04. The third kappa shape index (κ3) is 2.60. The van der Waals surface area contributed by atoms with Crippen LogP contribution >= 0.6 is 11.6 Å². The molecule has 2 aromatic rings. The minimum absolute atomic E-state index is 0.197. The van der Waals surface area contributed by atoms with E-state index in [4.69, 9.17) is 16.3 Å². The summed E-state index contributed by atoms with van der Waals surface area (Å²) in [7, 11) is 1.42. The molecule has 1 unspecified atom stereocenters. The van der Waals surface area contributed by atoms with Crippen molar-refractivity contribution in [3.8, 4) is 5.75 Å². The van der Waals surface area contributed by atoms with Crippen molar-refractivity contribution in [1.82, 2.24) is 0 Å². The number of rotatable bonds is 2. The summed E-state index contributed by atoms with van der Waals surface area (Å²) in [5, 5.41) is 0.353. The van der Waals surface area contributed by atoms with Gasteiger partial charge in [-0.2, -0.15) is 13.2 Å². The monoisotopic (exact) mass is 355 g/mol. The van der Waals surface area contributed by atoms with Crippen LogP contribution in [0.4, 0.5) is 24.5 Å². The Morgan fingerprint density at radius 3 is 2.46 bits per heavy atom. The molecule has 2 aromatic carbocycles. The first-order chi connectivity index (χ1) is 11.2. The van der Waals surface area contributed by atoms with Crippen molar-refractivity contribution in [2.45, 2.75) is 19.0 Å². The van der Waals surface area contributed by atoms with Crippen molar-refractivity contribution in [1.29, 1.82) is 0 Å². The number of anilines is 2. The summed E-state index contributed by atoms with van der Waals surface area (Å²) in [6, 6.07) is 7.97. The maximum absolute atomic E-state index is 13.0. The molecule has 1 atom stereocenters. The van der Waals surface area contributed by atoms with Crippen molar-refractivity contribution in [3.63, 3.8) is 0 Å². The molecule has 0 spiro atoms. The maximum atomic E-state index is 13.0. The highest BCUT2D eigenvalue weighted by Gasteiger charge is 2.39. The van der Waals surface area contributed by atoms with Crippen molar-refractivity contribution in [2.24, 2.45) is 0 Å². The molecule has 0 aliphatic carbocycles. The Bertz CT molecular complexity index is 820. The number of methoxy groups -OCH3 is 1. The number of fused-ring (bicyclic) bond motifs is 1. The van der Waals surface area contributed by atoms with Gasteiger partial charge in [-0.15, -0.1) is 0 Å². The first-order valence-corrected chi connectivity index (χ1v) is 7.50. The van der Waals surface area contributed by atoms with E-state index in [1.165, 1.54) is 24.1 Å². The van der Waals surface area contributed by atoms with E-state index in [-0.39, 0.29) is 11.6 Å². The second kappa shape index (κ2) is 5.70. The topological polar surface area (TPSA) is 29.5 Å². The van der Waals surface area contributed by atoms with E-state index in [2.05, 4.69) is 0 Å². The molecule has 1 heterocycles. The number of hydrogen-bond acceptors (Lipinski definition) is 2. The Morgan fingerprint density at radius 1 is 1.12 bits per heavy atom. The van der Waals surface area contributed by atoms with Crippen LogP contribution in [-0.2, 0) is 11.0 Å². The fourth-order valence-corrected chi connectivity index (χ4v) is 2.98. The van der Waals surface area contributed by atoms with Gasteiger partial charge in [-0.1, -0.05) is 17.7 Å². The fourth-order valence-electron chi connectivity index (χ4n) is 2.81. The number of carbonyl (C=O) groups excluding carboxylic acids is 1. The van der Waals surface area contributed by atoms with Crippen LogP contribution in [0.25, 0.3) is 0 Å². The van der Waals surface area contributed by atoms with Crippen LogP contribution in [0.3, 0.4) is 0 Å². The van der Waals surface area contributed by atoms with Crippen LogP contribution in [0, 0.1) is 0 Å². The Morgan fingerprint density at radius 2 is 1.83 bits per heavy atom. The van der Waals surface area contributed by atoms with Crippen LogP contribution in [0.5, 0.6) is 5.75 Å². The summed E-state index contributed by atoms with van der Waals surface area (Å²) < 4.78 is 44.4. The molecular formula is C17H13ClF3NO2. The highest BCUT2D eigenvalue weighted by molar-refractivity contribution is 6.31. The van der Waals surface area contributed by atoms with E-state index >= 15 is 0 Å². The average Bonchev–Trinajstić information content (AvgIpc) is 2.77. The highest BCUT2D eigenvalue weighted by Crippen LogP contribution is 2.47. The average molecular weight is 356 g/mol. The van der Waals surface area contributed by atoms with E-state index < -0.39 is 17.7 Å². The second-order valence-electron chi connectivity index (χ2n) is 5.48. The maximum Gasteiger partial charge on any atom is 0.416 e. The molecule has 1 aliphatic heterocycles. The molecule has 0 saturated heterocycles. The molecule has 0 aromatic heterocycles. The SMILES string of the molecule is COc1ccc(Cl)cc1N1C(=O)C(C)c2ccc(C(F)(F)F)cc21. The predicted molar refractivity (Wildman–Crippen MR) is 85.0 cm³/mol. The number of benzene rings is 2. The van der Waals surface area contributed by atoms with Gasteiger partial charge in [-0.3, -0.25) is 9.69 Å². The molecule has 0 fully saturated rings. The van der Waals surface area contributed by atoms with Gasteiger partial charge in [0.05, 0.1) is 30.0 Å². The summed E-state index contributed by atoms with van der Waals surface area (Å²) in [5.41, 5.74) is 0.243. The standard InChI is InChI=1S/C17H13ClF3NO2/c1-9-12-5-3-10(17(19,20)21)7-13(12)22(16(9)23)14-8-11(18)4-6-15(14)24-2/h3-9H,1-2H3. The van der Waals surface area contributed by atoms with Gasteiger partial charge in [0, 0.05) is 5.02 Å². The number of carbonyl (C=O) groups is 1. The molecule has 3 rings (SSSR count). The number of ether oxygens (including phenoxy) is 1. The van der Waals surface area contributed by atoms with Crippen molar-refractivity contribution < 1.29 is 22.7 Å². The van der Waals surface area contributed by atoms with E-state index in [0.29, 0.717) is 22.0 Å². The van der Waals surface area contributed by atoms with Crippen molar-refractivity contribution >= 4 is 28.9 Å². The van der Waals surface area contributed by atoms with Crippen LogP contribution in [-0.4, -0.2) is 13.0 Å². The molecule has 126 valence electrons. The number of nitrogens with zero attached hydrogens (tertiary/aromatic N) is 1. The highest BCUT2D eigenvalue weighted by atomic mass is 35.5. The lowest BCUT2D eigenvalue weighted by Gasteiger charge is -2.21. The zero-order valence-corrected chi connectivity index (χ0v) is 13.6. The van der Waals surface area contributed by atoms with Crippen molar-refractivity contribution in [2.75, 3.05) is 12.0 Å². The summed E-state index contributed by atoms with van der Waals surface area (Å²) in [5.74, 6) is -0.527. The largest absolute Gasteiger partial charge is 0.495 e. The van der Waals surface area contributed by atoms with Gasteiger partial charge in [-0.05, 0) is 42.8 Å². The number of alkyl halides is 3. The van der Waals surface area contributed by atoms with E-state index in [1.807, 2.05) is 0 Å². The lowest BCUT2D eigenvalue weighted by Crippen LogP contribution is -2.23. The van der Waals surface area contributed by atoms with E-state index in [9.17, 15) is 18.0 Å². The van der Waals surface area contributed by atoms with Gasteiger partial charge in [0.1, 0.15) is 5.75 Å². The van der Waals surface area contributed by atoms with Gasteiger partial charge >= 0.3 is 6.18 Å². The number of hydrogen-bond donors (Lipinski definition) is 0. The summed E-state index contributed by atoms with van der Waals surface area (Å²) >= 11 is 5.99. The van der Waals surface area contributed by atoms with Crippen LogP contribution < -0.4 is 9.64 Å². The molecule has 7 heteroatoms. The minimum Gasteiger partial charge on any atom is -0.495 e. The van der Waals surface area contributed by atoms with E-state index in [1.54, 1.807) is 19.1 Å². The molecule has 24 heavy (non-hydrogen) atoms. The van der Waals surface area contributed by atoms with Crippen LogP contribution in [0.1, 0.15) is 24.0 Å². The zero-order valence-electron chi connectivity index (χ0n) is 12.8. The summed E-state index contributed by atoms with van der Waals surface area (Å²) in [4.78, 5) is 13.9. The Kier molecular flexibility index (Phi) is 3.95. The zero-order chi connectivity index (χ0) is 17.6. The number of halogens is 4. The van der Waals surface area contributed by atoms with Crippen LogP contribution in [0.15, 0.2) is 36.4 Å². The van der Waals surface area contributed by atoms with Crippen LogP contribution in [0.2, 0.25) is 5.02 Å². The predicted octanol–water partition coefficient (Wildman–Crippen LogP) is 5.15. The Hall–Kier alpha value is -2.21. The Balaban J connectivity index is 2.22. The quantitative estimate of drug-likeness (QED) is 0.745. The molecule has 1 aliphatic rings. The lowest BCUT2D eigenvalue weighted by atomic mass is 10.0. The van der Waals surface area contributed by atoms with Gasteiger partial charge in [0.25, 0.3) is 0 Å². The lowest BCUT2D eigenvalue weighted by molar-refractivity contribution is -0.137. The molecule has 3 nitrogen and oxygen atoms in total.